The molecule has 0 aliphatic heterocycles. The van der Waals surface area contributed by atoms with Crippen molar-refractivity contribution in [3.05, 3.63) is 68.9 Å². The topological polar surface area (TPSA) is 71.1 Å². The summed E-state index contributed by atoms with van der Waals surface area (Å²) in [6.45, 7) is 4.03. The minimum Gasteiger partial charge on any atom is -0.339 e. The van der Waals surface area contributed by atoms with Gasteiger partial charge in [0, 0.05) is 11.3 Å². The van der Waals surface area contributed by atoms with Gasteiger partial charge in [-0.3, -0.25) is 9.59 Å². The second-order valence-electron chi connectivity index (χ2n) is 6.06. The zero-order valence-electron chi connectivity index (χ0n) is 15.2. The van der Waals surface area contributed by atoms with E-state index >= 15 is 0 Å². The van der Waals surface area contributed by atoms with Gasteiger partial charge in [0.1, 0.15) is 6.04 Å². The van der Waals surface area contributed by atoms with E-state index in [0.717, 1.165) is 22.6 Å². The fourth-order valence-corrected chi connectivity index (χ4v) is 4.23. The highest BCUT2D eigenvalue weighted by Crippen LogP contribution is 2.22. The average molecular weight is 400 g/mol. The first-order valence-corrected chi connectivity index (χ1v) is 10.4. The first kappa shape index (κ1) is 19.3. The van der Waals surface area contributed by atoms with E-state index in [-0.39, 0.29) is 11.8 Å². The van der Waals surface area contributed by atoms with Crippen molar-refractivity contribution in [1.82, 2.24) is 10.3 Å². The average Bonchev–Trinajstić information content (AvgIpc) is 3.31. The zero-order valence-corrected chi connectivity index (χ0v) is 16.8. The van der Waals surface area contributed by atoms with Crippen LogP contribution >= 0.6 is 22.7 Å². The molecule has 2 amide bonds. The number of aryl methyl sites for hydroxylation is 2. The fraction of sp³-hybridized carbons (Fsp3) is 0.250. The van der Waals surface area contributed by atoms with Crippen molar-refractivity contribution >= 4 is 39.6 Å². The lowest BCUT2D eigenvalue weighted by Crippen LogP contribution is -2.45. The number of nitrogens with zero attached hydrogens (tertiary/aromatic N) is 1. The number of anilines is 1. The van der Waals surface area contributed by atoms with Crippen LogP contribution in [0.5, 0.6) is 0 Å². The van der Waals surface area contributed by atoms with Gasteiger partial charge in [-0.05, 0) is 30.4 Å². The van der Waals surface area contributed by atoms with E-state index in [2.05, 4.69) is 15.6 Å². The molecule has 3 rings (SSSR count). The molecule has 27 heavy (non-hydrogen) atoms. The normalized spacial score (nSPS) is 11.8. The summed E-state index contributed by atoms with van der Waals surface area (Å²) < 4.78 is 0. The van der Waals surface area contributed by atoms with Gasteiger partial charge in [0.05, 0.1) is 10.6 Å². The van der Waals surface area contributed by atoms with Crippen LogP contribution in [-0.4, -0.2) is 22.8 Å². The molecule has 0 saturated heterocycles. The van der Waals surface area contributed by atoms with E-state index in [0.29, 0.717) is 16.4 Å². The molecule has 3 aromatic rings. The second-order valence-corrected chi connectivity index (χ2v) is 8.21. The van der Waals surface area contributed by atoms with Gasteiger partial charge in [-0.25, -0.2) is 4.98 Å². The molecule has 1 atom stereocenters. The van der Waals surface area contributed by atoms with Gasteiger partial charge in [0.25, 0.3) is 5.91 Å². The number of nitrogens with one attached hydrogen (secondary N) is 2. The first-order valence-electron chi connectivity index (χ1n) is 8.72. The van der Waals surface area contributed by atoms with Crippen molar-refractivity contribution in [2.45, 2.75) is 32.7 Å². The number of carbonyl (C=O) groups excluding carboxylic acids is 2. The van der Waals surface area contributed by atoms with Gasteiger partial charge in [-0.1, -0.05) is 43.3 Å². The highest BCUT2D eigenvalue weighted by molar-refractivity contribution is 7.15. The standard InChI is InChI=1S/C20H21N3O2S2/c1-3-15-13(2)27-20(22-15)23-18(24)16(12-14-8-5-4-6-9-14)21-19(25)17-10-7-11-26-17/h4-11,16H,3,12H2,1-2H3,(H,21,25)(H,22,23,24). The molecule has 2 heterocycles. The van der Waals surface area contributed by atoms with E-state index in [1.807, 2.05) is 55.6 Å². The number of amides is 2. The molecule has 0 spiro atoms. The Balaban J connectivity index is 1.76. The van der Waals surface area contributed by atoms with Gasteiger partial charge >= 0.3 is 0 Å². The summed E-state index contributed by atoms with van der Waals surface area (Å²) in [7, 11) is 0. The molecule has 2 N–H and O–H groups in total. The van der Waals surface area contributed by atoms with Gasteiger partial charge < -0.3 is 10.6 Å². The molecule has 0 aliphatic carbocycles. The Bertz CT molecular complexity index is 905. The summed E-state index contributed by atoms with van der Waals surface area (Å²) in [4.78, 5) is 31.5. The number of aromatic nitrogens is 1. The number of benzene rings is 1. The molecule has 0 aliphatic rings. The third kappa shape index (κ3) is 5.02. The number of hydrogen-bond donors (Lipinski definition) is 2. The minimum atomic E-state index is -0.684. The summed E-state index contributed by atoms with van der Waals surface area (Å²) >= 11 is 2.80. The molecule has 140 valence electrons. The van der Waals surface area contributed by atoms with Crippen LogP contribution in [-0.2, 0) is 17.6 Å². The number of hydrogen-bond acceptors (Lipinski definition) is 5. The molecular weight excluding hydrogens is 378 g/mol. The maximum Gasteiger partial charge on any atom is 0.262 e. The van der Waals surface area contributed by atoms with Gasteiger partial charge in [0.15, 0.2) is 5.13 Å². The number of rotatable bonds is 7. The molecule has 0 fully saturated rings. The van der Waals surface area contributed by atoms with Crippen molar-refractivity contribution in [2.24, 2.45) is 0 Å². The molecular formula is C20H21N3O2S2. The van der Waals surface area contributed by atoms with Crippen LogP contribution in [0.3, 0.4) is 0 Å². The summed E-state index contributed by atoms with van der Waals surface area (Å²) in [5, 5.41) is 8.13. The third-order valence-electron chi connectivity index (χ3n) is 4.11. The second kappa shape index (κ2) is 8.92. The van der Waals surface area contributed by atoms with Crippen molar-refractivity contribution in [2.75, 3.05) is 5.32 Å². The first-order chi connectivity index (χ1) is 13.1. The van der Waals surface area contributed by atoms with Crippen LogP contribution in [0.25, 0.3) is 0 Å². The Morgan fingerprint density at radius 3 is 2.56 bits per heavy atom. The van der Waals surface area contributed by atoms with Crippen molar-refractivity contribution in [1.29, 1.82) is 0 Å². The Morgan fingerprint density at radius 1 is 1.15 bits per heavy atom. The van der Waals surface area contributed by atoms with Crippen LogP contribution in [0, 0.1) is 6.92 Å². The highest BCUT2D eigenvalue weighted by Gasteiger charge is 2.23. The van der Waals surface area contributed by atoms with Gasteiger partial charge in [-0.15, -0.1) is 22.7 Å². The lowest BCUT2D eigenvalue weighted by Gasteiger charge is -2.17. The number of thiophene rings is 1. The molecule has 2 aromatic heterocycles. The smallest absolute Gasteiger partial charge is 0.262 e. The van der Waals surface area contributed by atoms with Crippen molar-refractivity contribution < 1.29 is 9.59 Å². The van der Waals surface area contributed by atoms with Gasteiger partial charge in [0.2, 0.25) is 5.91 Å². The van der Waals surface area contributed by atoms with E-state index < -0.39 is 6.04 Å². The van der Waals surface area contributed by atoms with Crippen molar-refractivity contribution in [3.63, 3.8) is 0 Å². The lowest BCUT2D eigenvalue weighted by molar-refractivity contribution is -0.118. The van der Waals surface area contributed by atoms with E-state index in [1.165, 1.54) is 22.7 Å². The maximum absolute atomic E-state index is 12.9. The SMILES string of the molecule is CCc1nc(NC(=O)C(Cc2ccccc2)NC(=O)c2cccs2)sc1C. The number of carbonyl (C=O) groups is 2. The molecule has 0 radical (unpaired) electrons. The molecule has 7 heteroatoms. The highest BCUT2D eigenvalue weighted by atomic mass is 32.1. The van der Waals surface area contributed by atoms with Crippen LogP contribution in [0.15, 0.2) is 47.8 Å². The van der Waals surface area contributed by atoms with Crippen LogP contribution < -0.4 is 10.6 Å². The van der Waals surface area contributed by atoms with Gasteiger partial charge in [-0.2, -0.15) is 0 Å². The molecule has 0 saturated carbocycles. The van der Waals surface area contributed by atoms with Crippen LogP contribution in [0.2, 0.25) is 0 Å². The van der Waals surface area contributed by atoms with Crippen LogP contribution in [0.4, 0.5) is 5.13 Å². The molecule has 0 bridgehead atoms. The third-order valence-corrected chi connectivity index (χ3v) is 5.90. The Hall–Kier alpha value is -2.51. The van der Waals surface area contributed by atoms with Crippen LogP contribution in [0.1, 0.15) is 32.7 Å². The minimum absolute atomic E-state index is 0.245. The molecule has 5 nitrogen and oxygen atoms in total. The molecule has 1 aromatic carbocycles. The monoisotopic (exact) mass is 399 g/mol. The predicted octanol–water partition coefficient (Wildman–Crippen LogP) is 4.06. The Labute approximate surface area is 166 Å². The largest absolute Gasteiger partial charge is 0.339 e. The number of thiazole rings is 1. The summed E-state index contributed by atoms with van der Waals surface area (Å²) in [6.07, 6.45) is 1.23. The summed E-state index contributed by atoms with van der Waals surface area (Å²) in [5.41, 5.74) is 1.96. The fourth-order valence-electron chi connectivity index (χ4n) is 2.70. The quantitative estimate of drug-likeness (QED) is 0.629. The van der Waals surface area contributed by atoms with Crippen molar-refractivity contribution in [3.8, 4) is 0 Å². The summed E-state index contributed by atoms with van der Waals surface area (Å²) in [5.74, 6) is -0.509. The Morgan fingerprint density at radius 2 is 1.93 bits per heavy atom. The van der Waals surface area contributed by atoms with E-state index in [9.17, 15) is 9.59 Å². The Kier molecular flexibility index (Phi) is 6.36. The lowest BCUT2D eigenvalue weighted by atomic mass is 10.1. The predicted molar refractivity (Wildman–Crippen MR) is 111 cm³/mol. The zero-order chi connectivity index (χ0) is 19.2. The summed E-state index contributed by atoms with van der Waals surface area (Å²) in [6, 6.07) is 12.5. The van der Waals surface area contributed by atoms with E-state index in [1.54, 1.807) is 6.07 Å². The molecule has 1 unspecified atom stereocenters. The van der Waals surface area contributed by atoms with E-state index in [4.69, 9.17) is 0 Å². The maximum atomic E-state index is 12.9.